The number of nitriles is 1. The second kappa shape index (κ2) is 7.41. The Morgan fingerprint density at radius 2 is 1.95 bits per heavy atom. The Morgan fingerprint density at radius 3 is 2.68 bits per heavy atom. The zero-order chi connectivity index (χ0) is 15.9. The third kappa shape index (κ3) is 4.74. The number of rotatable bonds is 6. The summed E-state index contributed by atoms with van der Waals surface area (Å²) >= 11 is 0. The zero-order valence-corrected chi connectivity index (χ0v) is 13.2. The number of anilines is 3. The molecule has 5 nitrogen and oxygen atoms in total. The summed E-state index contributed by atoms with van der Waals surface area (Å²) in [6.07, 6.45) is 1.09. The molecule has 0 bridgehead atoms. The molecule has 114 valence electrons. The first-order chi connectivity index (χ1) is 10.6. The lowest BCUT2D eigenvalue weighted by Gasteiger charge is -2.11. The SMILES string of the molecule is Cc1nc(NCCC(C)C)cc(Nc2cccc(C#N)c2)n1. The van der Waals surface area contributed by atoms with Gasteiger partial charge in [0.2, 0.25) is 0 Å². The maximum atomic E-state index is 8.94. The van der Waals surface area contributed by atoms with Gasteiger partial charge >= 0.3 is 0 Å². The zero-order valence-electron chi connectivity index (χ0n) is 13.2. The fraction of sp³-hybridized carbons (Fsp3) is 0.353. The van der Waals surface area contributed by atoms with Crippen molar-refractivity contribution in [3.8, 4) is 6.07 Å². The van der Waals surface area contributed by atoms with E-state index in [0.29, 0.717) is 17.3 Å². The maximum Gasteiger partial charge on any atom is 0.136 e. The van der Waals surface area contributed by atoms with Gasteiger partial charge in [0.25, 0.3) is 0 Å². The number of nitrogens with zero attached hydrogens (tertiary/aromatic N) is 3. The van der Waals surface area contributed by atoms with Crippen LogP contribution in [-0.4, -0.2) is 16.5 Å². The van der Waals surface area contributed by atoms with Gasteiger partial charge in [-0.3, -0.25) is 0 Å². The van der Waals surface area contributed by atoms with Crippen LogP contribution in [0.5, 0.6) is 0 Å². The molecule has 1 aromatic carbocycles. The van der Waals surface area contributed by atoms with E-state index in [1.54, 1.807) is 12.1 Å². The molecule has 0 spiro atoms. The van der Waals surface area contributed by atoms with Crippen molar-refractivity contribution in [2.24, 2.45) is 5.92 Å². The van der Waals surface area contributed by atoms with E-state index in [1.807, 2.05) is 25.1 Å². The van der Waals surface area contributed by atoms with Gasteiger partial charge in [0.15, 0.2) is 0 Å². The van der Waals surface area contributed by atoms with Crippen LogP contribution in [-0.2, 0) is 0 Å². The van der Waals surface area contributed by atoms with Crippen molar-refractivity contribution in [1.29, 1.82) is 5.26 Å². The number of aryl methyl sites for hydroxylation is 1. The minimum atomic E-state index is 0.617. The fourth-order valence-corrected chi connectivity index (χ4v) is 2.03. The second-order valence-corrected chi connectivity index (χ2v) is 5.61. The molecule has 1 heterocycles. The smallest absolute Gasteiger partial charge is 0.136 e. The van der Waals surface area contributed by atoms with E-state index in [4.69, 9.17) is 5.26 Å². The largest absolute Gasteiger partial charge is 0.370 e. The Bertz CT molecular complexity index is 673. The average molecular weight is 295 g/mol. The molecule has 0 saturated carbocycles. The lowest BCUT2D eigenvalue weighted by Crippen LogP contribution is -2.08. The van der Waals surface area contributed by atoms with E-state index in [1.165, 1.54) is 0 Å². The summed E-state index contributed by atoms with van der Waals surface area (Å²) in [7, 11) is 0. The predicted octanol–water partition coefficient (Wildman–Crippen LogP) is 3.86. The third-order valence-electron chi connectivity index (χ3n) is 3.13. The lowest BCUT2D eigenvalue weighted by molar-refractivity contribution is 0.606. The number of benzene rings is 1. The van der Waals surface area contributed by atoms with E-state index >= 15 is 0 Å². The topological polar surface area (TPSA) is 73.6 Å². The van der Waals surface area contributed by atoms with Gasteiger partial charge in [-0.25, -0.2) is 9.97 Å². The summed E-state index contributed by atoms with van der Waals surface area (Å²) in [6.45, 7) is 7.14. The summed E-state index contributed by atoms with van der Waals surface area (Å²) < 4.78 is 0. The van der Waals surface area contributed by atoms with Gasteiger partial charge in [0.05, 0.1) is 11.6 Å². The van der Waals surface area contributed by atoms with Crippen LogP contribution in [0, 0.1) is 24.2 Å². The molecular weight excluding hydrogens is 274 g/mol. The molecular formula is C17H21N5. The van der Waals surface area contributed by atoms with Gasteiger partial charge in [-0.15, -0.1) is 0 Å². The Balaban J connectivity index is 2.10. The molecule has 0 amide bonds. The summed E-state index contributed by atoms with van der Waals surface area (Å²) in [5.41, 5.74) is 1.45. The summed E-state index contributed by atoms with van der Waals surface area (Å²) in [5.74, 6) is 2.89. The summed E-state index contributed by atoms with van der Waals surface area (Å²) in [6, 6.07) is 11.3. The van der Waals surface area contributed by atoms with Crippen molar-refractivity contribution in [3.05, 3.63) is 41.7 Å². The van der Waals surface area contributed by atoms with Crippen molar-refractivity contribution < 1.29 is 0 Å². The van der Waals surface area contributed by atoms with Crippen LogP contribution in [0.2, 0.25) is 0 Å². The van der Waals surface area contributed by atoms with E-state index in [-0.39, 0.29) is 0 Å². The molecule has 5 heteroatoms. The van der Waals surface area contributed by atoms with Crippen LogP contribution in [0.1, 0.15) is 31.7 Å². The first-order valence-corrected chi connectivity index (χ1v) is 7.43. The van der Waals surface area contributed by atoms with Crippen molar-refractivity contribution >= 4 is 17.3 Å². The highest BCUT2D eigenvalue weighted by atomic mass is 15.1. The predicted molar refractivity (Wildman–Crippen MR) is 89.2 cm³/mol. The first-order valence-electron chi connectivity index (χ1n) is 7.43. The molecule has 2 rings (SSSR count). The maximum absolute atomic E-state index is 8.94. The normalized spacial score (nSPS) is 10.3. The lowest BCUT2D eigenvalue weighted by atomic mass is 10.1. The van der Waals surface area contributed by atoms with Gasteiger partial charge in [-0.1, -0.05) is 19.9 Å². The first kappa shape index (κ1) is 15.8. The van der Waals surface area contributed by atoms with Crippen LogP contribution in [0.25, 0.3) is 0 Å². The van der Waals surface area contributed by atoms with Gasteiger partial charge in [-0.05, 0) is 37.5 Å². The minimum Gasteiger partial charge on any atom is -0.370 e. The van der Waals surface area contributed by atoms with Crippen molar-refractivity contribution in [2.75, 3.05) is 17.2 Å². The van der Waals surface area contributed by atoms with Crippen molar-refractivity contribution in [2.45, 2.75) is 27.2 Å². The molecule has 2 N–H and O–H groups in total. The molecule has 0 aliphatic carbocycles. The van der Waals surface area contributed by atoms with Crippen LogP contribution in [0.4, 0.5) is 17.3 Å². The van der Waals surface area contributed by atoms with Crippen molar-refractivity contribution in [3.63, 3.8) is 0 Å². The van der Waals surface area contributed by atoms with Crippen molar-refractivity contribution in [1.82, 2.24) is 9.97 Å². The molecule has 0 saturated heterocycles. The second-order valence-electron chi connectivity index (χ2n) is 5.61. The molecule has 0 unspecified atom stereocenters. The molecule has 2 aromatic rings. The molecule has 1 aromatic heterocycles. The Kier molecular flexibility index (Phi) is 5.31. The van der Waals surface area contributed by atoms with Crippen LogP contribution < -0.4 is 10.6 Å². The highest BCUT2D eigenvalue weighted by molar-refractivity contribution is 5.60. The molecule has 0 aliphatic heterocycles. The minimum absolute atomic E-state index is 0.617. The standard InChI is InChI=1S/C17H21N5/c1-12(2)7-8-19-16-10-17(21-13(3)20-16)22-15-6-4-5-14(9-15)11-18/h4-6,9-10,12H,7-8H2,1-3H3,(H2,19,20,21,22). The van der Waals surface area contributed by atoms with Crippen LogP contribution in [0.15, 0.2) is 30.3 Å². The quantitative estimate of drug-likeness (QED) is 0.846. The number of hydrogen-bond acceptors (Lipinski definition) is 5. The molecule has 0 atom stereocenters. The van der Waals surface area contributed by atoms with Gasteiger partial charge < -0.3 is 10.6 Å². The summed E-state index contributed by atoms with van der Waals surface area (Å²) in [5, 5.41) is 15.5. The van der Waals surface area contributed by atoms with E-state index in [2.05, 4.69) is 40.5 Å². The van der Waals surface area contributed by atoms with Crippen LogP contribution >= 0.6 is 0 Å². The molecule has 22 heavy (non-hydrogen) atoms. The Labute approximate surface area is 131 Å². The van der Waals surface area contributed by atoms with E-state index in [0.717, 1.165) is 30.3 Å². The van der Waals surface area contributed by atoms with Gasteiger partial charge in [0.1, 0.15) is 17.5 Å². The fourth-order valence-electron chi connectivity index (χ4n) is 2.03. The third-order valence-corrected chi connectivity index (χ3v) is 3.13. The Morgan fingerprint density at radius 1 is 1.18 bits per heavy atom. The highest BCUT2D eigenvalue weighted by Gasteiger charge is 2.03. The number of nitrogens with one attached hydrogen (secondary N) is 2. The monoisotopic (exact) mass is 295 g/mol. The van der Waals surface area contributed by atoms with Crippen LogP contribution in [0.3, 0.4) is 0 Å². The highest BCUT2D eigenvalue weighted by Crippen LogP contribution is 2.18. The van der Waals surface area contributed by atoms with E-state index < -0.39 is 0 Å². The van der Waals surface area contributed by atoms with E-state index in [9.17, 15) is 0 Å². The Hall–Kier alpha value is -2.61. The number of aromatic nitrogens is 2. The molecule has 0 aliphatic rings. The summed E-state index contributed by atoms with van der Waals surface area (Å²) in [4.78, 5) is 8.77. The number of hydrogen-bond donors (Lipinski definition) is 2. The van der Waals surface area contributed by atoms with Gasteiger partial charge in [-0.2, -0.15) is 5.26 Å². The molecule has 0 radical (unpaired) electrons. The van der Waals surface area contributed by atoms with Gasteiger partial charge in [0, 0.05) is 18.3 Å². The molecule has 0 fully saturated rings. The average Bonchev–Trinajstić information content (AvgIpc) is 2.46.